The summed E-state index contributed by atoms with van der Waals surface area (Å²) in [4.78, 5) is 12.2. The average molecular weight is 310 g/mol. The van der Waals surface area contributed by atoms with Gasteiger partial charge in [0.25, 0.3) is 5.91 Å². The summed E-state index contributed by atoms with van der Waals surface area (Å²) in [5.41, 5.74) is 2.61. The van der Waals surface area contributed by atoms with Crippen molar-refractivity contribution >= 4 is 17.7 Å². The second-order valence-corrected chi connectivity index (χ2v) is 5.00. The van der Waals surface area contributed by atoms with Gasteiger partial charge in [0.05, 0.1) is 7.11 Å². The number of benzene rings is 2. The Kier molecular flexibility index (Phi) is 6.24. The van der Waals surface area contributed by atoms with Crippen LogP contribution in [0.15, 0.2) is 54.6 Å². The highest BCUT2D eigenvalue weighted by molar-refractivity contribution is 5.97. The zero-order valence-electron chi connectivity index (χ0n) is 13.5. The Morgan fingerprint density at radius 3 is 2.52 bits per heavy atom. The molecule has 0 unspecified atom stereocenters. The standard InChI is InChI=1S/C19H22N2O2/c1-3-6-15-7-4-5-8-18(15)19(22)21-14-13-20-16-9-11-17(23-2)12-10-16/h3-12,20H,13-14H2,1-2H3,(H,21,22). The van der Waals surface area contributed by atoms with Crippen LogP contribution in [0, 0.1) is 0 Å². The third-order valence-corrected chi connectivity index (χ3v) is 3.38. The first-order valence-electron chi connectivity index (χ1n) is 7.62. The molecule has 4 nitrogen and oxygen atoms in total. The van der Waals surface area contributed by atoms with Gasteiger partial charge in [0, 0.05) is 24.3 Å². The SMILES string of the molecule is CC=Cc1ccccc1C(=O)NCCNc1ccc(OC)cc1. The highest BCUT2D eigenvalue weighted by atomic mass is 16.5. The van der Waals surface area contributed by atoms with Crippen LogP contribution in [0.2, 0.25) is 0 Å². The number of nitrogens with one attached hydrogen (secondary N) is 2. The van der Waals surface area contributed by atoms with Crippen molar-refractivity contribution in [3.63, 3.8) is 0 Å². The summed E-state index contributed by atoms with van der Waals surface area (Å²) in [5, 5.41) is 6.19. The first-order chi connectivity index (χ1) is 11.2. The molecule has 2 rings (SSSR count). The largest absolute Gasteiger partial charge is 0.497 e. The lowest BCUT2D eigenvalue weighted by atomic mass is 10.1. The average Bonchev–Trinajstić information content (AvgIpc) is 2.60. The number of rotatable bonds is 7. The van der Waals surface area contributed by atoms with Gasteiger partial charge in [0.15, 0.2) is 0 Å². The van der Waals surface area contributed by atoms with Crippen molar-refractivity contribution in [2.75, 3.05) is 25.5 Å². The van der Waals surface area contributed by atoms with Crippen LogP contribution >= 0.6 is 0 Å². The summed E-state index contributed by atoms with van der Waals surface area (Å²) in [6.07, 6.45) is 3.86. The fourth-order valence-electron chi connectivity index (χ4n) is 2.22. The molecule has 0 bridgehead atoms. The summed E-state index contributed by atoms with van der Waals surface area (Å²) in [6.45, 7) is 3.15. The zero-order valence-corrected chi connectivity index (χ0v) is 13.5. The van der Waals surface area contributed by atoms with Crippen LogP contribution in [-0.2, 0) is 0 Å². The Labute approximate surface area is 137 Å². The zero-order chi connectivity index (χ0) is 16.5. The lowest BCUT2D eigenvalue weighted by Gasteiger charge is -2.10. The molecule has 4 heteroatoms. The molecule has 0 aromatic heterocycles. The minimum Gasteiger partial charge on any atom is -0.497 e. The number of hydrogen-bond donors (Lipinski definition) is 2. The Bertz CT molecular complexity index is 663. The number of carbonyl (C=O) groups is 1. The van der Waals surface area contributed by atoms with Crippen LogP contribution in [0.5, 0.6) is 5.75 Å². The van der Waals surface area contributed by atoms with Crippen LogP contribution in [0.4, 0.5) is 5.69 Å². The molecule has 0 spiro atoms. The Hall–Kier alpha value is -2.75. The van der Waals surface area contributed by atoms with Gasteiger partial charge in [-0.25, -0.2) is 0 Å². The Balaban J connectivity index is 1.83. The highest BCUT2D eigenvalue weighted by Gasteiger charge is 2.07. The van der Waals surface area contributed by atoms with Gasteiger partial charge in [-0.15, -0.1) is 0 Å². The molecule has 0 aliphatic rings. The molecular weight excluding hydrogens is 288 g/mol. The maximum atomic E-state index is 12.2. The van der Waals surface area contributed by atoms with Crippen LogP contribution in [0.25, 0.3) is 6.08 Å². The maximum Gasteiger partial charge on any atom is 0.251 e. The molecule has 0 aliphatic carbocycles. The van der Waals surface area contributed by atoms with Gasteiger partial charge in [0.1, 0.15) is 5.75 Å². The fourth-order valence-corrected chi connectivity index (χ4v) is 2.22. The van der Waals surface area contributed by atoms with E-state index >= 15 is 0 Å². The van der Waals surface area contributed by atoms with Gasteiger partial charge < -0.3 is 15.4 Å². The van der Waals surface area contributed by atoms with E-state index in [-0.39, 0.29) is 5.91 Å². The van der Waals surface area contributed by atoms with E-state index in [1.807, 2.05) is 67.6 Å². The van der Waals surface area contributed by atoms with Gasteiger partial charge in [-0.1, -0.05) is 30.4 Å². The fraction of sp³-hybridized carbons (Fsp3) is 0.211. The lowest BCUT2D eigenvalue weighted by Crippen LogP contribution is -2.29. The van der Waals surface area contributed by atoms with Crippen molar-refractivity contribution in [1.82, 2.24) is 5.32 Å². The molecule has 1 amide bonds. The minimum absolute atomic E-state index is 0.0600. The van der Waals surface area contributed by atoms with Crippen molar-refractivity contribution < 1.29 is 9.53 Å². The molecule has 2 aromatic rings. The number of anilines is 1. The molecule has 0 aliphatic heterocycles. The molecule has 0 radical (unpaired) electrons. The second-order valence-electron chi connectivity index (χ2n) is 5.00. The third kappa shape index (κ3) is 4.88. The summed E-state index contributed by atoms with van der Waals surface area (Å²) in [6, 6.07) is 15.3. The second kappa shape index (κ2) is 8.63. The molecule has 0 saturated carbocycles. The van der Waals surface area contributed by atoms with Gasteiger partial charge in [-0.2, -0.15) is 0 Å². The third-order valence-electron chi connectivity index (χ3n) is 3.38. The number of amides is 1. The molecule has 0 heterocycles. The van der Waals surface area contributed by atoms with Crippen molar-refractivity contribution in [2.24, 2.45) is 0 Å². The van der Waals surface area contributed by atoms with Crippen molar-refractivity contribution in [2.45, 2.75) is 6.92 Å². The van der Waals surface area contributed by atoms with Crippen LogP contribution < -0.4 is 15.4 Å². The van der Waals surface area contributed by atoms with Gasteiger partial charge in [0.2, 0.25) is 0 Å². The number of hydrogen-bond acceptors (Lipinski definition) is 3. The van der Waals surface area contributed by atoms with Gasteiger partial charge in [-0.05, 0) is 42.8 Å². The lowest BCUT2D eigenvalue weighted by molar-refractivity contribution is 0.0955. The van der Waals surface area contributed by atoms with E-state index in [1.165, 1.54) is 0 Å². The van der Waals surface area contributed by atoms with E-state index in [2.05, 4.69) is 10.6 Å². The van der Waals surface area contributed by atoms with Crippen LogP contribution in [-0.4, -0.2) is 26.1 Å². The normalized spacial score (nSPS) is 10.5. The van der Waals surface area contributed by atoms with E-state index in [0.29, 0.717) is 18.7 Å². The van der Waals surface area contributed by atoms with E-state index in [0.717, 1.165) is 17.0 Å². The minimum atomic E-state index is -0.0600. The van der Waals surface area contributed by atoms with Gasteiger partial charge >= 0.3 is 0 Å². The molecular formula is C19H22N2O2. The first-order valence-corrected chi connectivity index (χ1v) is 7.62. The molecule has 0 fully saturated rings. The number of allylic oxidation sites excluding steroid dienone is 1. The Morgan fingerprint density at radius 2 is 1.83 bits per heavy atom. The summed E-state index contributed by atoms with van der Waals surface area (Å²) >= 11 is 0. The van der Waals surface area contributed by atoms with Crippen molar-refractivity contribution in [3.05, 3.63) is 65.7 Å². The van der Waals surface area contributed by atoms with E-state index in [4.69, 9.17) is 4.74 Å². The monoisotopic (exact) mass is 310 g/mol. The topological polar surface area (TPSA) is 50.4 Å². The summed E-state index contributed by atoms with van der Waals surface area (Å²) in [7, 11) is 1.64. The number of carbonyl (C=O) groups excluding carboxylic acids is 1. The molecule has 2 aromatic carbocycles. The van der Waals surface area contributed by atoms with Crippen LogP contribution in [0.3, 0.4) is 0 Å². The smallest absolute Gasteiger partial charge is 0.251 e. The number of methoxy groups -OCH3 is 1. The molecule has 0 saturated heterocycles. The van der Waals surface area contributed by atoms with Gasteiger partial charge in [-0.3, -0.25) is 4.79 Å². The van der Waals surface area contributed by atoms with E-state index in [9.17, 15) is 4.79 Å². The highest BCUT2D eigenvalue weighted by Crippen LogP contribution is 2.14. The van der Waals surface area contributed by atoms with Crippen molar-refractivity contribution in [1.29, 1.82) is 0 Å². The van der Waals surface area contributed by atoms with Crippen LogP contribution in [0.1, 0.15) is 22.8 Å². The number of ether oxygens (including phenoxy) is 1. The van der Waals surface area contributed by atoms with E-state index < -0.39 is 0 Å². The maximum absolute atomic E-state index is 12.2. The molecule has 120 valence electrons. The summed E-state index contributed by atoms with van der Waals surface area (Å²) < 4.78 is 5.12. The predicted molar refractivity (Wildman–Crippen MR) is 95.0 cm³/mol. The first kappa shape index (κ1) is 16.6. The summed E-state index contributed by atoms with van der Waals surface area (Å²) in [5.74, 6) is 0.764. The molecule has 0 atom stereocenters. The predicted octanol–water partition coefficient (Wildman–Crippen LogP) is 3.57. The molecule has 2 N–H and O–H groups in total. The quantitative estimate of drug-likeness (QED) is 0.769. The Morgan fingerprint density at radius 1 is 1.09 bits per heavy atom. The van der Waals surface area contributed by atoms with Crippen molar-refractivity contribution in [3.8, 4) is 5.75 Å². The van der Waals surface area contributed by atoms with E-state index in [1.54, 1.807) is 7.11 Å². The molecule has 23 heavy (non-hydrogen) atoms.